The largest absolute Gasteiger partial charge is 0.388 e. The van der Waals surface area contributed by atoms with Crippen molar-refractivity contribution in [3.8, 4) is 6.07 Å². The number of nitrogens with zero attached hydrogens (tertiary/aromatic N) is 1. The summed E-state index contributed by atoms with van der Waals surface area (Å²) in [4.78, 5) is 0. The van der Waals surface area contributed by atoms with Gasteiger partial charge in [-0.1, -0.05) is 0 Å². The predicted molar refractivity (Wildman–Crippen MR) is 38.5 cm³/mol. The molecule has 0 spiro atoms. The maximum atomic E-state index is 10.9. The fraction of sp³-hybridized carbons (Fsp3) is 0.833. The van der Waals surface area contributed by atoms with Gasteiger partial charge in [-0.15, -0.1) is 0 Å². The molecule has 0 amide bonds. The summed E-state index contributed by atoms with van der Waals surface area (Å²) in [6, 6.07) is 1.77. The van der Waals surface area contributed by atoms with Crippen molar-refractivity contribution >= 4 is 9.84 Å². The van der Waals surface area contributed by atoms with E-state index in [4.69, 9.17) is 5.26 Å². The van der Waals surface area contributed by atoms with Gasteiger partial charge in [0.25, 0.3) is 0 Å². The summed E-state index contributed by atoms with van der Waals surface area (Å²) in [5.74, 6) is -0.251. The Kier molecular flexibility index (Phi) is 1.90. The van der Waals surface area contributed by atoms with Crippen molar-refractivity contribution < 1.29 is 13.5 Å². The Bertz CT molecular complexity index is 289. The second-order valence-corrected chi connectivity index (χ2v) is 5.09. The quantitative estimate of drug-likeness (QED) is 0.580. The first-order valence-corrected chi connectivity index (χ1v) is 5.09. The van der Waals surface area contributed by atoms with Gasteiger partial charge in [0.15, 0.2) is 9.84 Å². The first-order valence-electron chi connectivity index (χ1n) is 3.27. The Labute approximate surface area is 65.4 Å². The van der Waals surface area contributed by atoms with E-state index in [2.05, 4.69) is 0 Å². The molecule has 0 aromatic rings. The number of aliphatic hydroxyl groups is 1. The SMILES string of the molecule is N#CCC1(O)CCS(=O)(=O)C1. The molecule has 1 aliphatic heterocycles. The van der Waals surface area contributed by atoms with Gasteiger partial charge in [0, 0.05) is 0 Å². The van der Waals surface area contributed by atoms with Crippen LogP contribution < -0.4 is 0 Å². The topological polar surface area (TPSA) is 78.2 Å². The summed E-state index contributed by atoms with van der Waals surface area (Å²) in [7, 11) is -3.08. The van der Waals surface area contributed by atoms with Gasteiger partial charge in [0.1, 0.15) is 0 Å². The molecule has 1 heterocycles. The van der Waals surface area contributed by atoms with E-state index in [1.165, 1.54) is 0 Å². The minimum Gasteiger partial charge on any atom is -0.388 e. The summed E-state index contributed by atoms with van der Waals surface area (Å²) >= 11 is 0. The third-order valence-electron chi connectivity index (χ3n) is 1.78. The number of hydrogen-bond donors (Lipinski definition) is 1. The van der Waals surface area contributed by atoms with Gasteiger partial charge in [-0.2, -0.15) is 5.26 Å². The summed E-state index contributed by atoms with van der Waals surface area (Å²) in [6.45, 7) is 0. The first-order chi connectivity index (χ1) is 4.97. The second-order valence-electron chi connectivity index (χ2n) is 2.90. The van der Waals surface area contributed by atoms with Crippen LogP contribution in [0.15, 0.2) is 0 Å². The lowest BCUT2D eigenvalue weighted by molar-refractivity contribution is 0.0728. The third kappa shape index (κ3) is 1.91. The Balaban J connectivity index is 2.75. The van der Waals surface area contributed by atoms with Crippen molar-refractivity contribution in [3.05, 3.63) is 0 Å². The van der Waals surface area contributed by atoms with Crippen LogP contribution in [0.25, 0.3) is 0 Å². The Morgan fingerprint density at radius 1 is 1.64 bits per heavy atom. The molecule has 62 valence electrons. The minimum absolute atomic E-state index is 0.00514. The van der Waals surface area contributed by atoms with E-state index in [0.29, 0.717) is 0 Å². The highest BCUT2D eigenvalue weighted by Gasteiger charge is 2.40. The van der Waals surface area contributed by atoms with Gasteiger partial charge in [-0.05, 0) is 6.42 Å². The molecule has 1 saturated heterocycles. The van der Waals surface area contributed by atoms with E-state index < -0.39 is 15.4 Å². The van der Waals surface area contributed by atoms with Gasteiger partial charge in [-0.3, -0.25) is 0 Å². The van der Waals surface area contributed by atoms with Gasteiger partial charge >= 0.3 is 0 Å². The van der Waals surface area contributed by atoms with E-state index in [1.807, 2.05) is 0 Å². The lowest BCUT2D eigenvalue weighted by atomic mass is 10.0. The molecule has 0 aliphatic carbocycles. The molecule has 0 saturated carbocycles. The van der Waals surface area contributed by atoms with Crippen molar-refractivity contribution in [1.29, 1.82) is 5.26 Å². The molecule has 4 nitrogen and oxygen atoms in total. The average Bonchev–Trinajstić information content (AvgIpc) is 2.07. The molecule has 1 fully saturated rings. The van der Waals surface area contributed by atoms with E-state index >= 15 is 0 Å². The monoisotopic (exact) mass is 175 g/mol. The molecule has 1 rings (SSSR count). The van der Waals surface area contributed by atoms with Crippen LogP contribution in [0.3, 0.4) is 0 Å². The Morgan fingerprint density at radius 3 is 2.64 bits per heavy atom. The van der Waals surface area contributed by atoms with Crippen LogP contribution in [0.5, 0.6) is 0 Å². The van der Waals surface area contributed by atoms with Crippen molar-refractivity contribution in [2.45, 2.75) is 18.4 Å². The van der Waals surface area contributed by atoms with Crippen LogP contribution in [-0.4, -0.2) is 30.6 Å². The van der Waals surface area contributed by atoms with Gasteiger partial charge < -0.3 is 5.11 Å². The lowest BCUT2D eigenvalue weighted by Crippen LogP contribution is -2.29. The number of hydrogen-bond acceptors (Lipinski definition) is 4. The van der Waals surface area contributed by atoms with Gasteiger partial charge in [0.2, 0.25) is 0 Å². The van der Waals surface area contributed by atoms with E-state index in [-0.39, 0.29) is 24.3 Å². The van der Waals surface area contributed by atoms with Crippen LogP contribution in [0.4, 0.5) is 0 Å². The number of sulfone groups is 1. The first kappa shape index (κ1) is 8.50. The molecule has 1 N–H and O–H groups in total. The van der Waals surface area contributed by atoms with Crippen LogP contribution in [0.1, 0.15) is 12.8 Å². The molecule has 1 unspecified atom stereocenters. The molecular weight excluding hydrogens is 166 g/mol. The highest BCUT2D eigenvalue weighted by molar-refractivity contribution is 7.91. The summed E-state index contributed by atoms with van der Waals surface area (Å²) in [5, 5.41) is 17.7. The van der Waals surface area contributed by atoms with Crippen molar-refractivity contribution in [3.63, 3.8) is 0 Å². The normalized spacial score (nSPS) is 34.9. The maximum Gasteiger partial charge on any atom is 0.153 e. The molecule has 1 atom stereocenters. The predicted octanol–water partition coefficient (Wildman–Crippen LogP) is -0.550. The van der Waals surface area contributed by atoms with Crippen molar-refractivity contribution in [2.75, 3.05) is 11.5 Å². The zero-order chi connectivity index (χ0) is 8.54. The molecule has 0 bridgehead atoms. The lowest BCUT2D eigenvalue weighted by Gasteiger charge is -2.14. The maximum absolute atomic E-state index is 10.9. The summed E-state index contributed by atoms with van der Waals surface area (Å²) < 4.78 is 21.7. The van der Waals surface area contributed by atoms with Crippen LogP contribution in [0.2, 0.25) is 0 Å². The summed E-state index contributed by atoms with van der Waals surface area (Å²) in [6.07, 6.45) is 0.106. The van der Waals surface area contributed by atoms with Crippen LogP contribution >= 0.6 is 0 Å². The van der Waals surface area contributed by atoms with Crippen LogP contribution in [0, 0.1) is 11.3 Å². The zero-order valence-electron chi connectivity index (χ0n) is 5.95. The molecule has 11 heavy (non-hydrogen) atoms. The summed E-state index contributed by atoms with van der Waals surface area (Å²) in [5.41, 5.74) is -1.27. The second kappa shape index (κ2) is 2.47. The van der Waals surface area contributed by atoms with Crippen molar-refractivity contribution in [1.82, 2.24) is 0 Å². The smallest absolute Gasteiger partial charge is 0.153 e. The number of rotatable bonds is 1. The average molecular weight is 175 g/mol. The fourth-order valence-corrected chi connectivity index (χ4v) is 3.09. The number of nitriles is 1. The molecule has 0 radical (unpaired) electrons. The zero-order valence-corrected chi connectivity index (χ0v) is 6.76. The molecular formula is C6H9NO3S. The van der Waals surface area contributed by atoms with Crippen molar-refractivity contribution in [2.24, 2.45) is 0 Å². The standard InChI is InChI=1S/C6H9NO3S/c7-3-1-6(8)2-4-11(9,10)5-6/h8H,1-2,4-5H2. The van der Waals surface area contributed by atoms with Crippen LogP contribution in [-0.2, 0) is 9.84 Å². The van der Waals surface area contributed by atoms with E-state index in [9.17, 15) is 13.5 Å². The molecule has 0 aromatic carbocycles. The van der Waals surface area contributed by atoms with Gasteiger partial charge in [-0.25, -0.2) is 8.42 Å². The molecule has 5 heteroatoms. The van der Waals surface area contributed by atoms with E-state index in [0.717, 1.165) is 0 Å². The Hall–Kier alpha value is -0.600. The molecule has 1 aliphatic rings. The third-order valence-corrected chi connectivity index (χ3v) is 3.58. The Morgan fingerprint density at radius 2 is 2.27 bits per heavy atom. The van der Waals surface area contributed by atoms with E-state index in [1.54, 1.807) is 6.07 Å². The molecule has 0 aromatic heterocycles. The highest BCUT2D eigenvalue weighted by Crippen LogP contribution is 2.25. The fourth-order valence-electron chi connectivity index (χ4n) is 1.19. The highest BCUT2D eigenvalue weighted by atomic mass is 32.2. The van der Waals surface area contributed by atoms with Gasteiger partial charge in [0.05, 0.1) is 29.6 Å². The minimum atomic E-state index is -3.08.